The lowest BCUT2D eigenvalue weighted by atomic mass is 10.5. The number of aliphatic hydroxyl groups is 2. The molecular weight excluding hydrogens is 203 g/mol. The summed E-state index contributed by atoms with van der Waals surface area (Å²) in [4.78, 5) is 9.44. The molecule has 0 aromatic heterocycles. The van der Waals surface area contributed by atoms with Gasteiger partial charge in [0.05, 0.1) is 18.1 Å². The first kappa shape index (κ1) is 18.1. The lowest BCUT2D eigenvalue weighted by Crippen LogP contribution is -2.03. The van der Waals surface area contributed by atoms with Crippen LogP contribution in [0.3, 0.4) is 0 Å². The maximum absolute atomic E-state index is 9.44. The van der Waals surface area contributed by atoms with E-state index in [1.54, 1.807) is 0 Å². The van der Waals surface area contributed by atoms with Crippen LogP contribution in [0.25, 0.3) is 0 Å². The number of ketones is 1. The Morgan fingerprint density at radius 2 is 1.50 bits per heavy atom. The van der Waals surface area contributed by atoms with E-state index in [-0.39, 0.29) is 17.7 Å². The summed E-state index contributed by atoms with van der Waals surface area (Å²) in [5.41, 5.74) is 0. The number of aliphatic hydroxyl groups excluding tert-OH is 2. The molecule has 0 radical (unpaired) electrons. The summed E-state index contributed by atoms with van der Waals surface area (Å²) in [6.07, 6.45) is -0.560. The van der Waals surface area contributed by atoms with Crippen molar-refractivity contribution in [2.24, 2.45) is 0 Å². The molecule has 0 aliphatic rings. The lowest BCUT2D eigenvalue weighted by molar-refractivity contribution is -0.114. The molecule has 5 heteroatoms. The summed E-state index contributed by atoms with van der Waals surface area (Å²) in [6.45, 7) is 4.44. The average Bonchev–Trinajstić information content (AvgIpc) is 1.88. The highest BCUT2D eigenvalue weighted by Crippen LogP contribution is 1.73. The van der Waals surface area contributed by atoms with Crippen LogP contribution in [0, 0.1) is 0 Å². The van der Waals surface area contributed by atoms with E-state index >= 15 is 0 Å². The number of hydrogen-bond donors (Lipinski definition) is 2. The predicted octanol–water partition coefficient (Wildman–Crippen LogP) is 1.38. The van der Waals surface area contributed by atoms with E-state index in [1.165, 1.54) is 20.8 Å². The van der Waals surface area contributed by atoms with Gasteiger partial charge in [-0.1, -0.05) is 0 Å². The first-order chi connectivity index (χ1) is 5.42. The highest BCUT2D eigenvalue weighted by molar-refractivity contribution is 6.40. The van der Waals surface area contributed by atoms with Crippen LogP contribution in [0.2, 0.25) is 0 Å². The molecule has 0 aromatic carbocycles. The Morgan fingerprint density at radius 3 is 1.50 bits per heavy atom. The lowest BCUT2D eigenvalue weighted by Gasteiger charge is -1.90. The van der Waals surface area contributed by atoms with Crippen molar-refractivity contribution in [3.8, 4) is 0 Å². The second-order valence-corrected chi connectivity index (χ2v) is 2.85. The quantitative estimate of drug-likeness (QED) is 0.655. The number of carbonyl (C=O) groups excluding carboxylic acids is 1. The third-order valence-electron chi connectivity index (χ3n) is 0.264. The zero-order valence-electron chi connectivity index (χ0n) is 7.55. The van der Waals surface area contributed by atoms with Gasteiger partial charge in [-0.05, 0) is 20.8 Å². The van der Waals surface area contributed by atoms with Crippen LogP contribution in [0.5, 0.6) is 0 Å². The zero-order valence-corrected chi connectivity index (χ0v) is 9.06. The SMILES string of the molecule is CC(C)=O.CC(O)CO.ClCCl. The molecule has 2 N–H and O–H groups in total. The summed E-state index contributed by atoms with van der Waals surface area (Å²) in [5.74, 6) is 0.167. The molecule has 0 rings (SSSR count). The van der Waals surface area contributed by atoms with Gasteiger partial charge in [0, 0.05) is 0 Å². The molecule has 0 fully saturated rings. The topological polar surface area (TPSA) is 57.5 Å². The van der Waals surface area contributed by atoms with Crippen molar-refractivity contribution in [1.82, 2.24) is 0 Å². The Bertz CT molecular complexity index is 82.7. The molecule has 0 aliphatic carbocycles. The molecule has 0 aromatic rings. The van der Waals surface area contributed by atoms with Crippen LogP contribution in [-0.4, -0.2) is 34.0 Å². The summed E-state index contributed by atoms with van der Waals surface area (Å²) < 4.78 is 0. The minimum absolute atomic E-state index is 0.139. The maximum atomic E-state index is 9.44. The van der Waals surface area contributed by atoms with Crippen LogP contribution < -0.4 is 0 Å². The van der Waals surface area contributed by atoms with E-state index in [0.717, 1.165) is 0 Å². The smallest absolute Gasteiger partial charge is 0.126 e. The van der Waals surface area contributed by atoms with Crippen LogP contribution >= 0.6 is 23.2 Å². The van der Waals surface area contributed by atoms with E-state index in [9.17, 15) is 4.79 Å². The molecule has 0 saturated heterocycles. The predicted molar refractivity (Wildman–Crippen MR) is 51.7 cm³/mol. The Morgan fingerprint density at radius 1 is 1.42 bits per heavy atom. The number of alkyl halides is 2. The molecule has 0 amide bonds. The van der Waals surface area contributed by atoms with Crippen LogP contribution in [0.4, 0.5) is 0 Å². The minimum atomic E-state index is -0.560. The standard InChI is InChI=1S/C3H8O2.C3H6O.CH2Cl2/c1-3(5)2-4;1-3(2)4;2-1-3/h3-5H,2H2,1H3;1-2H3;1H2. The fourth-order valence-corrected chi connectivity index (χ4v) is 0. The highest BCUT2D eigenvalue weighted by Gasteiger charge is 1.83. The normalized spacial score (nSPS) is 9.92. The monoisotopic (exact) mass is 218 g/mol. The fourth-order valence-electron chi connectivity index (χ4n) is 0. The molecule has 76 valence electrons. The number of Topliss-reactive ketones (excluding diaryl/α,β-unsaturated/α-hetero) is 1. The van der Waals surface area contributed by atoms with Gasteiger partial charge < -0.3 is 15.0 Å². The van der Waals surface area contributed by atoms with E-state index in [0.29, 0.717) is 0 Å². The van der Waals surface area contributed by atoms with E-state index in [1.807, 2.05) is 0 Å². The Labute approximate surface area is 83.3 Å². The summed E-state index contributed by atoms with van der Waals surface area (Å²) in [5, 5.41) is 16.2. The number of carbonyl (C=O) groups is 1. The third kappa shape index (κ3) is 182. The number of hydrogen-bond acceptors (Lipinski definition) is 3. The molecule has 0 saturated carbocycles. The average molecular weight is 219 g/mol. The van der Waals surface area contributed by atoms with Crippen molar-refractivity contribution >= 4 is 29.0 Å². The molecule has 0 spiro atoms. The number of halogens is 2. The molecule has 1 unspecified atom stereocenters. The van der Waals surface area contributed by atoms with Crippen LogP contribution in [0.15, 0.2) is 0 Å². The Balaban J connectivity index is -0.000000105. The molecule has 0 bridgehead atoms. The van der Waals surface area contributed by atoms with Crippen molar-refractivity contribution in [1.29, 1.82) is 0 Å². The minimum Gasteiger partial charge on any atom is -0.394 e. The van der Waals surface area contributed by atoms with Crippen molar-refractivity contribution in [2.75, 3.05) is 11.9 Å². The van der Waals surface area contributed by atoms with Gasteiger partial charge >= 0.3 is 0 Å². The molecule has 12 heavy (non-hydrogen) atoms. The highest BCUT2D eigenvalue weighted by atomic mass is 35.5. The first-order valence-corrected chi connectivity index (χ1v) is 4.37. The van der Waals surface area contributed by atoms with Crippen LogP contribution in [-0.2, 0) is 4.79 Å². The Kier molecular flexibility index (Phi) is 26.0. The van der Waals surface area contributed by atoms with Gasteiger partial charge in [0.2, 0.25) is 0 Å². The first-order valence-electron chi connectivity index (χ1n) is 3.30. The van der Waals surface area contributed by atoms with Crippen molar-refractivity contribution in [2.45, 2.75) is 26.9 Å². The van der Waals surface area contributed by atoms with Crippen molar-refractivity contribution in [3.05, 3.63) is 0 Å². The second-order valence-electron chi connectivity index (χ2n) is 2.04. The van der Waals surface area contributed by atoms with Crippen molar-refractivity contribution < 1.29 is 15.0 Å². The summed E-state index contributed by atoms with van der Waals surface area (Å²) in [7, 11) is 0. The summed E-state index contributed by atoms with van der Waals surface area (Å²) >= 11 is 9.53. The van der Waals surface area contributed by atoms with Gasteiger partial charge in [-0.2, -0.15) is 0 Å². The number of rotatable bonds is 1. The van der Waals surface area contributed by atoms with Gasteiger partial charge in [0.1, 0.15) is 5.78 Å². The largest absolute Gasteiger partial charge is 0.394 e. The van der Waals surface area contributed by atoms with Gasteiger partial charge in [-0.25, -0.2) is 0 Å². The third-order valence-corrected chi connectivity index (χ3v) is 0.264. The summed E-state index contributed by atoms with van der Waals surface area (Å²) in [6, 6.07) is 0. The molecule has 0 aliphatic heterocycles. The van der Waals surface area contributed by atoms with Gasteiger partial charge in [-0.3, -0.25) is 0 Å². The van der Waals surface area contributed by atoms with Gasteiger partial charge in [-0.15, -0.1) is 23.2 Å². The van der Waals surface area contributed by atoms with E-state index < -0.39 is 6.10 Å². The van der Waals surface area contributed by atoms with Crippen molar-refractivity contribution in [3.63, 3.8) is 0 Å². The molecule has 3 nitrogen and oxygen atoms in total. The van der Waals surface area contributed by atoms with Gasteiger partial charge in [0.15, 0.2) is 0 Å². The van der Waals surface area contributed by atoms with E-state index in [4.69, 9.17) is 33.4 Å². The molecule has 0 heterocycles. The Hall–Kier alpha value is 0.170. The van der Waals surface area contributed by atoms with Crippen LogP contribution in [0.1, 0.15) is 20.8 Å². The maximum Gasteiger partial charge on any atom is 0.126 e. The second kappa shape index (κ2) is 17.3. The molecule has 1 atom stereocenters. The zero-order chi connectivity index (χ0) is 10.6. The molecular formula is C7H16Cl2O3. The fraction of sp³-hybridized carbons (Fsp3) is 0.857. The van der Waals surface area contributed by atoms with E-state index in [2.05, 4.69) is 0 Å². The van der Waals surface area contributed by atoms with Gasteiger partial charge in [0.25, 0.3) is 0 Å².